The zero-order valence-corrected chi connectivity index (χ0v) is 8.59. The topological polar surface area (TPSA) is 46.3 Å². The highest BCUT2D eigenvalue weighted by molar-refractivity contribution is 8.11. The van der Waals surface area contributed by atoms with Crippen molar-refractivity contribution in [2.24, 2.45) is 5.73 Å². The minimum atomic E-state index is -0.329. The summed E-state index contributed by atoms with van der Waals surface area (Å²) in [5, 5.41) is -0.329. The first-order valence-electron chi connectivity index (χ1n) is 4.55. The van der Waals surface area contributed by atoms with E-state index in [1.54, 1.807) is 0 Å². The second-order valence-electron chi connectivity index (χ2n) is 3.29. The maximum absolute atomic E-state index is 10.7. The van der Waals surface area contributed by atoms with Crippen LogP contribution in [0.4, 0.5) is 4.79 Å². The van der Waals surface area contributed by atoms with Gasteiger partial charge in [0.15, 0.2) is 0 Å². The van der Waals surface area contributed by atoms with Gasteiger partial charge in [-0.15, -0.1) is 0 Å². The maximum Gasteiger partial charge on any atom is 0.291 e. The quantitative estimate of drug-likeness (QED) is 0.715. The van der Waals surface area contributed by atoms with Gasteiger partial charge in [-0.05, 0) is 17.5 Å². The third kappa shape index (κ3) is 2.08. The molecule has 0 aromatic heterocycles. The molecule has 3 nitrogen and oxygen atoms in total. The van der Waals surface area contributed by atoms with Crippen LogP contribution in [0.2, 0.25) is 0 Å². The van der Waals surface area contributed by atoms with Gasteiger partial charge in [0, 0.05) is 25.0 Å². The maximum atomic E-state index is 10.7. The van der Waals surface area contributed by atoms with Crippen molar-refractivity contribution in [3.8, 4) is 0 Å². The van der Waals surface area contributed by atoms with Crippen LogP contribution in [0.1, 0.15) is 11.1 Å². The Morgan fingerprint density at radius 1 is 1.36 bits per heavy atom. The number of nitrogens with zero attached hydrogens (tertiary/aromatic N) is 1. The molecule has 0 aliphatic carbocycles. The van der Waals surface area contributed by atoms with E-state index in [1.165, 1.54) is 11.1 Å². The highest BCUT2D eigenvalue weighted by atomic mass is 32.2. The molecule has 1 aliphatic heterocycles. The van der Waals surface area contributed by atoms with Crippen LogP contribution in [-0.2, 0) is 13.0 Å². The lowest BCUT2D eigenvalue weighted by Gasteiger charge is -2.25. The molecule has 1 aliphatic rings. The minimum absolute atomic E-state index is 0.329. The Morgan fingerprint density at radius 3 is 2.79 bits per heavy atom. The third-order valence-electron chi connectivity index (χ3n) is 2.31. The van der Waals surface area contributed by atoms with Gasteiger partial charge in [-0.2, -0.15) is 0 Å². The average molecular weight is 208 g/mol. The van der Waals surface area contributed by atoms with E-state index < -0.39 is 0 Å². The van der Waals surface area contributed by atoms with Gasteiger partial charge >= 0.3 is 0 Å². The first-order valence-corrected chi connectivity index (χ1v) is 5.32. The summed E-state index contributed by atoms with van der Waals surface area (Å²) < 4.78 is 2.00. The van der Waals surface area contributed by atoms with Crippen molar-refractivity contribution in [3.63, 3.8) is 0 Å². The van der Waals surface area contributed by atoms with Crippen LogP contribution in [0, 0.1) is 0 Å². The number of fused-ring (bicyclic) bond motifs is 1. The Bertz CT molecular complexity index is 354. The number of amides is 1. The van der Waals surface area contributed by atoms with E-state index in [1.807, 2.05) is 10.4 Å². The van der Waals surface area contributed by atoms with E-state index in [2.05, 4.69) is 18.2 Å². The number of hydrogen-bond acceptors (Lipinski definition) is 3. The standard InChI is InChI=1S/C10H12N2OS/c11-10(13)14-12-6-5-8-3-1-2-4-9(8)7-12/h1-4H,5-7H2,(H2,11,13). The molecule has 2 N–H and O–H groups in total. The predicted molar refractivity (Wildman–Crippen MR) is 57.7 cm³/mol. The van der Waals surface area contributed by atoms with E-state index in [9.17, 15) is 4.79 Å². The lowest BCUT2D eigenvalue weighted by molar-refractivity contribution is 0.266. The Hall–Kier alpha value is -1.00. The van der Waals surface area contributed by atoms with Gasteiger partial charge in [0.1, 0.15) is 0 Å². The van der Waals surface area contributed by atoms with E-state index in [0.29, 0.717) is 0 Å². The monoisotopic (exact) mass is 208 g/mol. The van der Waals surface area contributed by atoms with Crippen LogP contribution in [0.25, 0.3) is 0 Å². The van der Waals surface area contributed by atoms with Crippen LogP contribution in [0.3, 0.4) is 0 Å². The zero-order valence-electron chi connectivity index (χ0n) is 7.77. The van der Waals surface area contributed by atoms with Crippen LogP contribution in [0.5, 0.6) is 0 Å². The number of nitrogens with two attached hydrogens (primary N) is 1. The average Bonchev–Trinajstić information content (AvgIpc) is 2.17. The number of hydrogen-bond donors (Lipinski definition) is 1. The molecule has 0 unspecified atom stereocenters. The van der Waals surface area contributed by atoms with Crippen molar-refractivity contribution in [3.05, 3.63) is 35.4 Å². The molecule has 0 fully saturated rings. The number of primary amides is 1. The number of benzene rings is 1. The molecule has 2 rings (SSSR count). The minimum Gasteiger partial charge on any atom is -0.359 e. The summed E-state index contributed by atoms with van der Waals surface area (Å²) in [5.41, 5.74) is 7.81. The van der Waals surface area contributed by atoms with Crippen LogP contribution in [0.15, 0.2) is 24.3 Å². The molecule has 0 radical (unpaired) electrons. The van der Waals surface area contributed by atoms with Crippen molar-refractivity contribution in [2.45, 2.75) is 13.0 Å². The van der Waals surface area contributed by atoms with Gasteiger partial charge in [-0.3, -0.25) is 4.79 Å². The Kier molecular flexibility index (Phi) is 2.74. The zero-order chi connectivity index (χ0) is 9.97. The molecule has 4 heteroatoms. The molecular formula is C10H12N2OS. The predicted octanol–water partition coefficient (Wildman–Crippen LogP) is 1.77. The van der Waals surface area contributed by atoms with E-state index >= 15 is 0 Å². The van der Waals surface area contributed by atoms with Crippen molar-refractivity contribution < 1.29 is 4.79 Å². The van der Waals surface area contributed by atoms with Crippen LogP contribution < -0.4 is 5.73 Å². The van der Waals surface area contributed by atoms with Crippen molar-refractivity contribution >= 4 is 17.2 Å². The largest absolute Gasteiger partial charge is 0.359 e. The molecule has 74 valence electrons. The summed E-state index contributed by atoms with van der Waals surface area (Å²) in [4.78, 5) is 10.7. The molecule has 0 bridgehead atoms. The van der Waals surface area contributed by atoms with Crippen molar-refractivity contribution in [1.29, 1.82) is 0 Å². The van der Waals surface area contributed by atoms with Crippen molar-refractivity contribution in [1.82, 2.24) is 4.31 Å². The molecule has 0 saturated heterocycles. The van der Waals surface area contributed by atoms with Gasteiger partial charge in [0.2, 0.25) is 0 Å². The molecule has 1 amide bonds. The fourth-order valence-electron chi connectivity index (χ4n) is 1.67. The Labute approximate surface area is 87.4 Å². The summed E-state index contributed by atoms with van der Waals surface area (Å²) in [6.45, 7) is 1.70. The summed E-state index contributed by atoms with van der Waals surface area (Å²) in [6, 6.07) is 8.32. The van der Waals surface area contributed by atoms with E-state index in [0.717, 1.165) is 31.5 Å². The highest BCUT2D eigenvalue weighted by Gasteiger charge is 2.17. The van der Waals surface area contributed by atoms with Gasteiger partial charge in [0.25, 0.3) is 5.24 Å². The highest BCUT2D eigenvalue weighted by Crippen LogP contribution is 2.23. The van der Waals surface area contributed by atoms with Crippen molar-refractivity contribution in [2.75, 3.05) is 6.54 Å². The summed E-state index contributed by atoms with van der Waals surface area (Å²) >= 11 is 1.11. The summed E-state index contributed by atoms with van der Waals surface area (Å²) in [5.74, 6) is 0. The molecule has 1 aromatic rings. The second-order valence-corrected chi connectivity index (χ2v) is 4.39. The third-order valence-corrected chi connectivity index (χ3v) is 3.06. The fourth-order valence-corrected chi connectivity index (χ4v) is 2.32. The molecule has 14 heavy (non-hydrogen) atoms. The lowest BCUT2D eigenvalue weighted by Crippen LogP contribution is -2.27. The smallest absolute Gasteiger partial charge is 0.291 e. The summed E-state index contributed by atoms with van der Waals surface area (Å²) in [6.07, 6.45) is 0.996. The Balaban J connectivity index is 2.09. The molecular weight excluding hydrogens is 196 g/mol. The van der Waals surface area contributed by atoms with E-state index in [4.69, 9.17) is 5.73 Å². The normalized spacial score (nSPS) is 16.3. The second kappa shape index (κ2) is 4.02. The first kappa shape index (κ1) is 9.55. The fraction of sp³-hybridized carbons (Fsp3) is 0.300. The summed E-state index contributed by atoms with van der Waals surface area (Å²) in [7, 11) is 0. The van der Waals surface area contributed by atoms with Gasteiger partial charge in [0.05, 0.1) is 0 Å². The molecule has 0 spiro atoms. The van der Waals surface area contributed by atoms with Gasteiger partial charge < -0.3 is 5.73 Å². The van der Waals surface area contributed by atoms with E-state index in [-0.39, 0.29) is 5.24 Å². The SMILES string of the molecule is NC(=O)SN1CCc2ccccc2C1. The number of carbonyl (C=O) groups is 1. The molecule has 0 atom stereocenters. The number of rotatable bonds is 1. The molecule has 0 saturated carbocycles. The Morgan fingerprint density at radius 2 is 2.07 bits per heavy atom. The molecule has 1 heterocycles. The van der Waals surface area contributed by atoms with Crippen LogP contribution in [-0.4, -0.2) is 16.1 Å². The first-order chi connectivity index (χ1) is 6.75. The lowest BCUT2D eigenvalue weighted by atomic mass is 10.0. The molecule has 1 aromatic carbocycles. The number of carbonyl (C=O) groups excluding carboxylic acids is 1. The van der Waals surface area contributed by atoms with Crippen LogP contribution >= 0.6 is 11.9 Å². The van der Waals surface area contributed by atoms with Gasteiger partial charge in [-0.1, -0.05) is 24.3 Å². The van der Waals surface area contributed by atoms with Gasteiger partial charge in [-0.25, -0.2) is 4.31 Å².